The maximum absolute atomic E-state index is 11.2. The summed E-state index contributed by atoms with van der Waals surface area (Å²) >= 11 is 0. The van der Waals surface area contributed by atoms with Gasteiger partial charge < -0.3 is 9.47 Å². The average Bonchev–Trinajstić information content (AvgIpc) is 2.69. The Balaban J connectivity index is 2.20. The number of para-hydroxylation sites is 2. The normalized spacial score (nSPS) is 10.9. The molecular formula is C17H16N4O10. The van der Waals surface area contributed by atoms with Crippen molar-refractivity contribution < 1.29 is 29.2 Å². The van der Waals surface area contributed by atoms with Crippen LogP contribution in [0.5, 0.6) is 11.5 Å². The van der Waals surface area contributed by atoms with Crippen LogP contribution in [0.4, 0.5) is 22.7 Å². The fourth-order valence-corrected chi connectivity index (χ4v) is 2.50. The van der Waals surface area contributed by atoms with Gasteiger partial charge in [0.1, 0.15) is 0 Å². The number of nitro benzene ring substituents is 4. The third kappa shape index (κ3) is 5.37. The third-order valence-electron chi connectivity index (χ3n) is 3.95. The topological polar surface area (TPSA) is 191 Å². The van der Waals surface area contributed by atoms with Crippen LogP contribution in [0.1, 0.15) is 13.8 Å². The lowest BCUT2D eigenvalue weighted by Gasteiger charge is -2.24. The predicted molar refractivity (Wildman–Crippen MR) is 104 cm³/mol. The molecule has 2 aromatic carbocycles. The van der Waals surface area contributed by atoms with Crippen LogP contribution >= 0.6 is 0 Å². The first-order chi connectivity index (χ1) is 14.4. The van der Waals surface area contributed by atoms with Gasteiger partial charge in [-0.25, -0.2) is 0 Å². The fourth-order valence-electron chi connectivity index (χ4n) is 2.50. The van der Waals surface area contributed by atoms with E-state index >= 15 is 0 Å². The molecule has 0 aliphatic carbocycles. The minimum Gasteiger partial charge on any atom is -0.486 e. The Hall–Kier alpha value is -4.36. The van der Waals surface area contributed by atoms with Crippen molar-refractivity contribution in [3.05, 3.63) is 76.9 Å². The van der Waals surface area contributed by atoms with Gasteiger partial charge in [0.25, 0.3) is 0 Å². The number of rotatable bonds is 10. The SMILES string of the molecule is CC(C)(COc1cccc([N+](=O)[O-])c1[N+](=O)[O-])COc1cccc([N+](=O)[O-])c1[N+](=O)[O-]. The first-order valence-electron chi connectivity index (χ1n) is 8.54. The van der Waals surface area contributed by atoms with E-state index in [0.717, 1.165) is 12.1 Å². The maximum Gasteiger partial charge on any atom is 0.387 e. The summed E-state index contributed by atoms with van der Waals surface area (Å²) in [6.07, 6.45) is 0. The number of nitrogens with zero attached hydrogens (tertiary/aromatic N) is 4. The molecule has 0 spiro atoms. The molecule has 0 aromatic heterocycles. The van der Waals surface area contributed by atoms with Crippen molar-refractivity contribution in [1.29, 1.82) is 0 Å². The fraction of sp³-hybridized carbons (Fsp3) is 0.294. The van der Waals surface area contributed by atoms with Gasteiger partial charge in [-0.15, -0.1) is 0 Å². The van der Waals surface area contributed by atoms with Crippen LogP contribution in [0, 0.1) is 45.9 Å². The van der Waals surface area contributed by atoms with Crippen LogP contribution in [-0.4, -0.2) is 32.9 Å². The first kappa shape index (κ1) is 22.9. The van der Waals surface area contributed by atoms with E-state index in [1.165, 1.54) is 24.3 Å². The molecule has 0 bridgehead atoms. The monoisotopic (exact) mass is 436 g/mol. The van der Waals surface area contributed by atoms with Gasteiger partial charge in [-0.2, -0.15) is 0 Å². The Kier molecular flexibility index (Phi) is 6.64. The summed E-state index contributed by atoms with van der Waals surface area (Å²) in [4.78, 5) is 40.9. The number of nitro groups is 4. The lowest BCUT2D eigenvalue weighted by molar-refractivity contribution is -0.423. The van der Waals surface area contributed by atoms with Gasteiger partial charge >= 0.3 is 22.7 Å². The highest BCUT2D eigenvalue weighted by Gasteiger charge is 2.33. The standard InChI is InChI=1S/C17H16N4O10/c1-17(2,9-30-13-7-3-5-11(18(22)23)15(13)20(26)27)10-31-14-8-4-6-12(19(24)25)16(14)21(28)29/h3-8H,9-10H2,1-2H3. The van der Waals surface area contributed by atoms with E-state index in [1.807, 2.05) is 0 Å². The number of ether oxygens (including phenoxy) is 2. The molecule has 0 atom stereocenters. The Labute approximate surface area is 173 Å². The largest absolute Gasteiger partial charge is 0.486 e. The Morgan fingerprint density at radius 2 is 1.03 bits per heavy atom. The molecule has 0 aliphatic rings. The molecule has 0 amide bonds. The van der Waals surface area contributed by atoms with Crippen molar-refractivity contribution in [2.75, 3.05) is 13.2 Å². The molecule has 31 heavy (non-hydrogen) atoms. The second-order valence-electron chi connectivity index (χ2n) is 7.02. The lowest BCUT2D eigenvalue weighted by atomic mass is 9.96. The molecule has 2 rings (SSSR count). The highest BCUT2D eigenvalue weighted by atomic mass is 16.7. The van der Waals surface area contributed by atoms with Gasteiger partial charge in [0.2, 0.25) is 11.5 Å². The van der Waals surface area contributed by atoms with Gasteiger partial charge in [-0.1, -0.05) is 26.0 Å². The van der Waals surface area contributed by atoms with Crippen molar-refractivity contribution in [2.45, 2.75) is 13.8 Å². The van der Waals surface area contributed by atoms with Crippen molar-refractivity contribution in [3.8, 4) is 11.5 Å². The molecule has 2 aromatic rings. The summed E-state index contributed by atoms with van der Waals surface area (Å²) in [5, 5.41) is 44.5. The van der Waals surface area contributed by atoms with Crippen LogP contribution in [0.3, 0.4) is 0 Å². The average molecular weight is 436 g/mol. The van der Waals surface area contributed by atoms with Crippen molar-refractivity contribution >= 4 is 22.7 Å². The maximum atomic E-state index is 11.2. The lowest BCUT2D eigenvalue weighted by Crippen LogP contribution is -2.29. The molecule has 0 aliphatic heterocycles. The number of hydrogen-bond acceptors (Lipinski definition) is 10. The predicted octanol–water partition coefficient (Wildman–Crippen LogP) is 3.80. The molecule has 0 radical (unpaired) electrons. The second kappa shape index (κ2) is 8.98. The van der Waals surface area contributed by atoms with Crippen LogP contribution in [-0.2, 0) is 0 Å². The molecule has 0 heterocycles. The van der Waals surface area contributed by atoms with Gasteiger partial charge in [0.15, 0.2) is 0 Å². The second-order valence-corrected chi connectivity index (χ2v) is 7.02. The Morgan fingerprint density at radius 3 is 1.32 bits per heavy atom. The van der Waals surface area contributed by atoms with Gasteiger partial charge in [0, 0.05) is 17.5 Å². The van der Waals surface area contributed by atoms with Gasteiger partial charge in [-0.3, -0.25) is 40.5 Å². The molecule has 0 fully saturated rings. The van der Waals surface area contributed by atoms with Crippen LogP contribution in [0.25, 0.3) is 0 Å². The van der Waals surface area contributed by atoms with E-state index in [9.17, 15) is 40.5 Å². The van der Waals surface area contributed by atoms with E-state index in [2.05, 4.69) is 0 Å². The van der Waals surface area contributed by atoms with Crippen LogP contribution in [0.2, 0.25) is 0 Å². The van der Waals surface area contributed by atoms with E-state index < -0.39 is 47.9 Å². The summed E-state index contributed by atoms with van der Waals surface area (Å²) in [5.41, 5.74) is -3.97. The quantitative estimate of drug-likeness (QED) is 0.391. The van der Waals surface area contributed by atoms with E-state index in [4.69, 9.17) is 9.47 Å². The third-order valence-corrected chi connectivity index (χ3v) is 3.95. The Bertz CT molecular complexity index is 972. The number of hydrogen-bond donors (Lipinski definition) is 0. The Morgan fingerprint density at radius 1 is 0.677 bits per heavy atom. The molecule has 14 heteroatoms. The molecular weight excluding hydrogens is 420 g/mol. The van der Waals surface area contributed by atoms with E-state index in [1.54, 1.807) is 13.8 Å². The smallest absolute Gasteiger partial charge is 0.387 e. The summed E-state index contributed by atoms with van der Waals surface area (Å²) in [7, 11) is 0. The van der Waals surface area contributed by atoms with E-state index in [0.29, 0.717) is 0 Å². The zero-order chi connectivity index (χ0) is 23.3. The van der Waals surface area contributed by atoms with Crippen LogP contribution in [0.15, 0.2) is 36.4 Å². The minimum atomic E-state index is -0.927. The summed E-state index contributed by atoms with van der Waals surface area (Å²) in [5.74, 6) is -0.651. The molecule has 0 saturated heterocycles. The van der Waals surface area contributed by atoms with Crippen molar-refractivity contribution in [1.82, 2.24) is 0 Å². The highest BCUT2D eigenvalue weighted by Crippen LogP contribution is 2.38. The number of benzene rings is 2. The minimum absolute atomic E-state index is 0.211. The van der Waals surface area contributed by atoms with Crippen molar-refractivity contribution in [2.24, 2.45) is 5.41 Å². The molecule has 0 saturated carbocycles. The highest BCUT2D eigenvalue weighted by molar-refractivity contribution is 5.62. The van der Waals surface area contributed by atoms with Gasteiger partial charge in [-0.05, 0) is 12.1 Å². The molecule has 0 N–H and O–H groups in total. The molecule has 14 nitrogen and oxygen atoms in total. The van der Waals surface area contributed by atoms with Gasteiger partial charge in [0.05, 0.1) is 32.9 Å². The zero-order valence-corrected chi connectivity index (χ0v) is 16.2. The first-order valence-corrected chi connectivity index (χ1v) is 8.54. The summed E-state index contributed by atoms with van der Waals surface area (Å²) < 4.78 is 10.8. The van der Waals surface area contributed by atoms with Crippen LogP contribution < -0.4 is 9.47 Å². The zero-order valence-electron chi connectivity index (χ0n) is 16.2. The molecule has 164 valence electrons. The summed E-state index contributed by atoms with van der Waals surface area (Å²) in [6.45, 7) is 2.80. The van der Waals surface area contributed by atoms with E-state index in [-0.39, 0.29) is 24.7 Å². The molecule has 0 unspecified atom stereocenters. The summed E-state index contributed by atoms with van der Waals surface area (Å²) in [6, 6.07) is 6.81. The van der Waals surface area contributed by atoms with Crippen molar-refractivity contribution in [3.63, 3.8) is 0 Å².